The van der Waals surface area contributed by atoms with Crippen LogP contribution < -0.4 is 0 Å². The number of rotatable bonds is 5. The zero-order chi connectivity index (χ0) is 21.1. The molecule has 0 aromatic carbocycles. The normalized spacial score (nSPS) is 11.7. The molecule has 10 heteroatoms. The summed E-state index contributed by atoms with van der Waals surface area (Å²) in [5.41, 5.74) is 3.29. The molecular weight excluding hydrogens is 380 g/mol. The van der Waals surface area contributed by atoms with Gasteiger partial charge in [-0.2, -0.15) is 10.2 Å². The Kier molecular flexibility index (Phi) is 5.21. The van der Waals surface area contributed by atoms with E-state index in [1.54, 1.807) is 34.2 Å². The molecule has 4 aromatic rings. The number of pyridine rings is 2. The van der Waals surface area contributed by atoms with E-state index in [2.05, 4.69) is 40.6 Å². The lowest BCUT2D eigenvalue weighted by molar-refractivity contribution is 0.798. The Morgan fingerprint density at radius 1 is 0.600 bits per heavy atom. The molecule has 0 saturated carbocycles. The Balaban J connectivity index is 1.47. The lowest BCUT2D eigenvalue weighted by Crippen LogP contribution is -1.97. The molecule has 0 atom stereocenters. The van der Waals surface area contributed by atoms with E-state index in [9.17, 15) is 0 Å². The molecule has 0 saturated heterocycles. The van der Waals surface area contributed by atoms with Gasteiger partial charge >= 0.3 is 0 Å². The van der Waals surface area contributed by atoms with Crippen LogP contribution in [0.2, 0.25) is 0 Å². The van der Waals surface area contributed by atoms with Crippen molar-refractivity contribution in [1.29, 1.82) is 0 Å². The monoisotopic (exact) mass is 400 g/mol. The molecule has 0 spiro atoms. The maximum Gasteiger partial charge on any atom is 0.151 e. The quantitative estimate of drug-likeness (QED) is 0.475. The number of aryl methyl sites for hydroxylation is 4. The second-order valence-electron chi connectivity index (χ2n) is 6.66. The number of aromatic nitrogens is 8. The van der Waals surface area contributed by atoms with E-state index in [1.807, 2.05) is 52.0 Å². The van der Waals surface area contributed by atoms with E-state index in [0.29, 0.717) is 0 Å². The molecule has 4 aromatic heterocycles. The Morgan fingerprint density at radius 2 is 0.967 bits per heavy atom. The van der Waals surface area contributed by atoms with Gasteiger partial charge in [-0.25, -0.2) is 9.35 Å². The van der Waals surface area contributed by atoms with Gasteiger partial charge in [0.25, 0.3) is 0 Å². The minimum atomic E-state index is 0.732. The van der Waals surface area contributed by atoms with Crippen LogP contribution in [0.15, 0.2) is 46.9 Å². The van der Waals surface area contributed by atoms with Gasteiger partial charge in [-0.15, -0.1) is 20.4 Å². The summed E-state index contributed by atoms with van der Waals surface area (Å²) in [5.74, 6) is 2.93. The van der Waals surface area contributed by atoms with E-state index in [1.165, 1.54) is 0 Å². The molecule has 0 radical (unpaired) electrons. The molecule has 0 bridgehead atoms. The van der Waals surface area contributed by atoms with Crippen molar-refractivity contribution in [3.63, 3.8) is 0 Å². The van der Waals surface area contributed by atoms with Gasteiger partial charge in [0.2, 0.25) is 0 Å². The SMILES string of the molecule is Cc1nnc(C)n1/N=C/c1ccc(-c2ccc(/C=N/n3c(C)nnc3C)cn2)nc1. The van der Waals surface area contributed by atoms with Crippen LogP contribution in [0.1, 0.15) is 34.4 Å². The highest BCUT2D eigenvalue weighted by atomic mass is 15.5. The van der Waals surface area contributed by atoms with Crippen LogP contribution in [0, 0.1) is 27.7 Å². The van der Waals surface area contributed by atoms with Crippen molar-refractivity contribution in [3.8, 4) is 11.4 Å². The summed E-state index contributed by atoms with van der Waals surface area (Å²) in [7, 11) is 0. The molecule has 4 rings (SSSR count). The molecule has 0 amide bonds. The third-order valence-corrected chi connectivity index (χ3v) is 4.38. The Labute approximate surface area is 173 Å². The first-order valence-corrected chi connectivity index (χ1v) is 9.29. The molecule has 0 fully saturated rings. The maximum atomic E-state index is 4.48. The van der Waals surface area contributed by atoms with Gasteiger partial charge < -0.3 is 0 Å². The van der Waals surface area contributed by atoms with Crippen molar-refractivity contribution in [2.45, 2.75) is 27.7 Å². The van der Waals surface area contributed by atoms with E-state index in [-0.39, 0.29) is 0 Å². The molecule has 0 unspecified atom stereocenters. The first-order chi connectivity index (χ1) is 14.5. The standard InChI is InChI=1S/C20H20N10/c1-13-25-26-14(2)29(13)23-11-17-5-7-19(21-9-17)20-8-6-18(10-22-20)12-24-30-15(3)27-28-16(30)4/h5-12H,1-4H3/b23-11+,24-12+. The first kappa shape index (κ1) is 19.2. The highest BCUT2D eigenvalue weighted by molar-refractivity contribution is 5.80. The smallest absolute Gasteiger partial charge is 0.151 e. The third kappa shape index (κ3) is 4.02. The van der Waals surface area contributed by atoms with Crippen molar-refractivity contribution in [2.24, 2.45) is 10.2 Å². The molecule has 0 N–H and O–H groups in total. The van der Waals surface area contributed by atoms with Crippen LogP contribution in [0.5, 0.6) is 0 Å². The summed E-state index contributed by atoms with van der Waals surface area (Å²) < 4.78 is 3.36. The summed E-state index contributed by atoms with van der Waals surface area (Å²) in [4.78, 5) is 8.97. The van der Waals surface area contributed by atoms with Gasteiger partial charge in [-0.1, -0.05) is 0 Å². The van der Waals surface area contributed by atoms with Crippen LogP contribution in [0.4, 0.5) is 0 Å². The Morgan fingerprint density at radius 3 is 1.27 bits per heavy atom. The van der Waals surface area contributed by atoms with Crippen LogP contribution in [-0.4, -0.2) is 52.1 Å². The van der Waals surface area contributed by atoms with Crippen molar-refractivity contribution in [1.82, 2.24) is 39.7 Å². The highest BCUT2D eigenvalue weighted by Crippen LogP contribution is 2.14. The van der Waals surface area contributed by atoms with Gasteiger partial charge in [0.15, 0.2) is 23.3 Å². The molecular formula is C20H20N10. The second kappa shape index (κ2) is 8.11. The Hall–Kier alpha value is -4.08. The number of hydrogen-bond acceptors (Lipinski definition) is 8. The van der Waals surface area contributed by atoms with E-state index in [4.69, 9.17) is 0 Å². The summed E-state index contributed by atoms with van der Waals surface area (Å²) in [6, 6.07) is 7.70. The van der Waals surface area contributed by atoms with Crippen molar-refractivity contribution < 1.29 is 0 Å². The second-order valence-corrected chi connectivity index (χ2v) is 6.66. The summed E-state index contributed by atoms with van der Waals surface area (Å²) in [6.45, 7) is 7.42. The lowest BCUT2D eigenvalue weighted by Gasteiger charge is -2.02. The molecule has 30 heavy (non-hydrogen) atoms. The van der Waals surface area contributed by atoms with Gasteiger partial charge in [-0.3, -0.25) is 9.97 Å². The Bertz CT molecular complexity index is 1080. The fourth-order valence-corrected chi connectivity index (χ4v) is 2.78. The van der Waals surface area contributed by atoms with Gasteiger partial charge in [0.05, 0.1) is 23.8 Å². The largest absolute Gasteiger partial charge is 0.254 e. The molecule has 150 valence electrons. The predicted octanol–water partition coefficient (Wildman–Crippen LogP) is 2.32. The van der Waals surface area contributed by atoms with Crippen LogP contribution in [-0.2, 0) is 0 Å². The fraction of sp³-hybridized carbons (Fsp3) is 0.200. The third-order valence-electron chi connectivity index (χ3n) is 4.38. The van der Waals surface area contributed by atoms with Gasteiger partial charge in [-0.05, 0) is 52.0 Å². The summed E-state index contributed by atoms with van der Waals surface area (Å²) in [5, 5.41) is 24.7. The van der Waals surface area contributed by atoms with Crippen molar-refractivity contribution in [2.75, 3.05) is 0 Å². The zero-order valence-corrected chi connectivity index (χ0v) is 17.1. The average molecular weight is 400 g/mol. The molecule has 0 aliphatic rings. The predicted molar refractivity (Wildman–Crippen MR) is 112 cm³/mol. The average Bonchev–Trinajstić information content (AvgIpc) is 3.26. The minimum absolute atomic E-state index is 0.732. The van der Waals surface area contributed by atoms with Crippen molar-refractivity contribution >= 4 is 12.4 Å². The van der Waals surface area contributed by atoms with E-state index < -0.39 is 0 Å². The highest BCUT2D eigenvalue weighted by Gasteiger charge is 2.04. The minimum Gasteiger partial charge on any atom is -0.254 e. The molecule has 0 aliphatic heterocycles. The number of nitrogens with zero attached hydrogens (tertiary/aromatic N) is 10. The molecule has 4 heterocycles. The topological polar surface area (TPSA) is 112 Å². The molecule has 0 aliphatic carbocycles. The van der Waals surface area contributed by atoms with Crippen LogP contribution in [0.3, 0.4) is 0 Å². The fourth-order valence-electron chi connectivity index (χ4n) is 2.78. The van der Waals surface area contributed by atoms with Crippen LogP contribution in [0.25, 0.3) is 11.4 Å². The zero-order valence-electron chi connectivity index (χ0n) is 17.1. The maximum absolute atomic E-state index is 4.48. The molecule has 10 nitrogen and oxygen atoms in total. The van der Waals surface area contributed by atoms with E-state index >= 15 is 0 Å². The lowest BCUT2D eigenvalue weighted by atomic mass is 10.2. The van der Waals surface area contributed by atoms with E-state index in [0.717, 1.165) is 45.8 Å². The summed E-state index contributed by atoms with van der Waals surface area (Å²) in [6.07, 6.45) is 6.95. The van der Waals surface area contributed by atoms with Gasteiger partial charge in [0, 0.05) is 23.5 Å². The van der Waals surface area contributed by atoms with Crippen LogP contribution >= 0.6 is 0 Å². The van der Waals surface area contributed by atoms with Gasteiger partial charge in [0.1, 0.15) is 0 Å². The van der Waals surface area contributed by atoms with Crippen molar-refractivity contribution in [3.05, 3.63) is 71.1 Å². The summed E-state index contributed by atoms with van der Waals surface area (Å²) >= 11 is 0. The number of hydrogen-bond donors (Lipinski definition) is 0. The first-order valence-electron chi connectivity index (χ1n) is 9.29.